The molecule has 1 N–H and O–H groups in total. The van der Waals surface area contributed by atoms with Crippen LogP contribution < -0.4 is 0 Å². The van der Waals surface area contributed by atoms with E-state index in [0.717, 1.165) is 12.8 Å². The van der Waals surface area contributed by atoms with Crippen LogP contribution in [0, 0.1) is 5.92 Å². The maximum atomic E-state index is 12.3. The molecule has 0 aliphatic heterocycles. The number of carboxylic acid groups (broad SMARTS) is 1. The third-order valence-corrected chi connectivity index (χ3v) is 3.19. The number of rotatable bonds is 5. The normalized spacial score (nSPS) is 14.6. The molecule has 0 saturated heterocycles. The first-order valence-electron chi connectivity index (χ1n) is 5.80. The monoisotopic (exact) mass is 270 g/mol. The maximum absolute atomic E-state index is 12.3. The second kappa shape index (κ2) is 5.02. The van der Waals surface area contributed by atoms with Crippen molar-refractivity contribution in [3.8, 4) is 0 Å². The number of halogens is 1. The summed E-state index contributed by atoms with van der Waals surface area (Å²) in [5.41, 5.74) is 0.418. The van der Waals surface area contributed by atoms with Crippen LogP contribution in [0.4, 0.5) is 0 Å². The minimum Gasteiger partial charge on any atom is -0.480 e. The number of aryl methyl sites for hydroxylation is 1. The van der Waals surface area contributed by atoms with Crippen molar-refractivity contribution in [1.82, 2.24) is 9.47 Å². The van der Waals surface area contributed by atoms with E-state index in [1.807, 2.05) is 0 Å². The summed E-state index contributed by atoms with van der Waals surface area (Å²) in [5.74, 6) is -0.827. The highest BCUT2D eigenvalue weighted by molar-refractivity contribution is 6.31. The molecule has 0 spiro atoms. The van der Waals surface area contributed by atoms with Crippen LogP contribution in [0.1, 0.15) is 23.3 Å². The van der Waals surface area contributed by atoms with Crippen LogP contribution in [0.15, 0.2) is 12.3 Å². The Bertz CT molecular complexity index is 480. The van der Waals surface area contributed by atoms with E-state index in [0.29, 0.717) is 23.2 Å². The summed E-state index contributed by atoms with van der Waals surface area (Å²) in [6, 6.07) is 1.56. The van der Waals surface area contributed by atoms with Crippen molar-refractivity contribution in [1.29, 1.82) is 0 Å². The van der Waals surface area contributed by atoms with E-state index in [1.165, 1.54) is 4.90 Å². The molecule has 1 saturated carbocycles. The molecule has 1 heterocycles. The van der Waals surface area contributed by atoms with E-state index in [-0.39, 0.29) is 12.5 Å². The zero-order valence-electron chi connectivity index (χ0n) is 10.1. The first-order valence-corrected chi connectivity index (χ1v) is 6.18. The van der Waals surface area contributed by atoms with Gasteiger partial charge in [0.25, 0.3) is 5.91 Å². The average Bonchev–Trinajstić information content (AvgIpc) is 3.01. The largest absolute Gasteiger partial charge is 0.480 e. The molecule has 0 radical (unpaired) electrons. The van der Waals surface area contributed by atoms with Gasteiger partial charge in [-0.3, -0.25) is 9.59 Å². The summed E-state index contributed by atoms with van der Waals surface area (Å²) in [4.78, 5) is 24.5. The fourth-order valence-electron chi connectivity index (χ4n) is 1.89. The molecule has 0 atom stereocenters. The highest BCUT2D eigenvalue weighted by Gasteiger charge is 2.29. The van der Waals surface area contributed by atoms with Gasteiger partial charge in [-0.1, -0.05) is 11.6 Å². The number of nitrogens with zero attached hydrogens (tertiary/aromatic N) is 2. The van der Waals surface area contributed by atoms with Gasteiger partial charge in [-0.05, 0) is 24.8 Å². The lowest BCUT2D eigenvalue weighted by molar-refractivity contribution is -0.137. The first kappa shape index (κ1) is 13.0. The van der Waals surface area contributed by atoms with Crippen molar-refractivity contribution in [3.63, 3.8) is 0 Å². The summed E-state index contributed by atoms with van der Waals surface area (Å²) < 4.78 is 1.62. The lowest BCUT2D eigenvalue weighted by Crippen LogP contribution is -2.38. The lowest BCUT2D eigenvalue weighted by atomic mass is 10.3. The second-order valence-corrected chi connectivity index (χ2v) is 5.11. The number of aromatic nitrogens is 1. The molecule has 6 heteroatoms. The van der Waals surface area contributed by atoms with Crippen LogP contribution in [0.3, 0.4) is 0 Å². The Morgan fingerprint density at radius 2 is 2.22 bits per heavy atom. The minimum absolute atomic E-state index is 0.266. The highest BCUT2D eigenvalue weighted by Crippen LogP contribution is 2.30. The SMILES string of the molecule is Cn1cc(Cl)cc1C(=O)N(CC(=O)O)CC1CC1. The van der Waals surface area contributed by atoms with Crippen molar-refractivity contribution in [2.24, 2.45) is 13.0 Å². The Hall–Kier alpha value is -1.49. The molecule has 1 aliphatic rings. The van der Waals surface area contributed by atoms with Gasteiger partial charge in [0.1, 0.15) is 12.2 Å². The van der Waals surface area contributed by atoms with Crippen molar-refractivity contribution >= 4 is 23.5 Å². The first-order chi connectivity index (χ1) is 8.47. The zero-order valence-corrected chi connectivity index (χ0v) is 10.9. The van der Waals surface area contributed by atoms with Crippen molar-refractivity contribution in [3.05, 3.63) is 23.0 Å². The van der Waals surface area contributed by atoms with Gasteiger partial charge < -0.3 is 14.6 Å². The van der Waals surface area contributed by atoms with Crippen molar-refractivity contribution in [2.45, 2.75) is 12.8 Å². The Morgan fingerprint density at radius 1 is 1.56 bits per heavy atom. The molecular formula is C12H15ClN2O3. The van der Waals surface area contributed by atoms with Gasteiger partial charge in [0.05, 0.1) is 5.02 Å². The predicted molar refractivity (Wildman–Crippen MR) is 66.7 cm³/mol. The highest BCUT2D eigenvalue weighted by atomic mass is 35.5. The van der Waals surface area contributed by atoms with E-state index in [9.17, 15) is 9.59 Å². The summed E-state index contributed by atoms with van der Waals surface area (Å²) >= 11 is 5.83. The average molecular weight is 271 g/mol. The van der Waals surface area contributed by atoms with Crippen LogP contribution >= 0.6 is 11.6 Å². The molecule has 5 nitrogen and oxygen atoms in total. The number of carbonyl (C=O) groups is 2. The number of aliphatic carboxylic acids is 1. The fraction of sp³-hybridized carbons (Fsp3) is 0.500. The van der Waals surface area contributed by atoms with E-state index >= 15 is 0 Å². The van der Waals surface area contributed by atoms with Gasteiger partial charge in [-0.15, -0.1) is 0 Å². The molecule has 98 valence electrons. The molecule has 1 fully saturated rings. The Labute approximate surface area is 110 Å². The summed E-state index contributed by atoms with van der Waals surface area (Å²) in [6.07, 6.45) is 3.76. The van der Waals surface area contributed by atoms with Crippen LogP contribution in [-0.4, -0.2) is 39.5 Å². The van der Waals surface area contributed by atoms with E-state index in [2.05, 4.69) is 0 Å². The van der Waals surface area contributed by atoms with E-state index < -0.39 is 5.97 Å². The fourth-order valence-corrected chi connectivity index (χ4v) is 2.14. The van der Waals surface area contributed by atoms with Crippen molar-refractivity contribution < 1.29 is 14.7 Å². The van der Waals surface area contributed by atoms with E-state index in [1.54, 1.807) is 23.9 Å². The molecule has 2 rings (SSSR count). The summed E-state index contributed by atoms with van der Waals surface area (Å²) in [6.45, 7) is 0.242. The quantitative estimate of drug-likeness (QED) is 0.884. The number of carbonyl (C=O) groups excluding carboxylic acids is 1. The van der Waals surface area contributed by atoms with Crippen molar-refractivity contribution in [2.75, 3.05) is 13.1 Å². The second-order valence-electron chi connectivity index (χ2n) is 4.68. The summed E-state index contributed by atoms with van der Waals surface area (Å²) in [5, 5.41) is 9.34. The van der Waals surface area contributed by atoms with Crippen LogP contribution in [0.2, 0.25) is 5.02 Å². The molecular weight excluding hydrogens is 256 g/mol. The third kappa shape index (κ3) is 3.04. The number of carboxylic acids is 1. The lowest BCUT2D eigenvalue weighted by Gasteiger charge is -2.20. The predicted octanol–water partition coefficient (Wildman–Crippen LogP) is 1.62. The minimum atomic E-state index is -0.996. The Morgan fingerprint density at radius 3 is 2.67 bits per heavy atom. The Kier molecular flexibility index (Phi) is 3.61. The maximum Gasteiger partial charge on any atom is 0.323 e. The van der Waals surface area contributed by atoms with Crippen LogP contribution in [0.25, 0.3) is 0 Å². The smallest absolute Gasteiger partial charge is 0.323 e. The molecule has 0 aromatic carbocycles. The topological polar surface area (TPSA) is 62.5 Å². The van der Waals surface area contributed by atoms with E-state index in [4.69, 9.17) is 16.7 Å². The van der Waals surface area contributed by atoms with Gasteiger partial charge in [0.15, 0.2) is 0 Å². The Balaban J connectivity index is 2.15. The molecule has 1 aliphatic carbocycles. The number of hydrogen-bond acceptors (Lipinski definition) is 2. The van der Waals surface area contributed by atoms with Gasteiger partial charge >= 0.3 is 5.97 Å². The van der Waals surface area contributed by atoms with Crippen LogP contribution in [-0.2, 0) is 11.8 Å². The summed E-state index contributed by atoms with van der Waals surface area (Å²) in [7, 11) is 1.72. The molecule has 1 amide bonds. The standard InChI is InChI=1S/C12H15ClN2O3/c1-14-6-9(13)4-10(14)12(18)15(7-11(16)17)5-8-2-3-8/h4,6,8H,2-3,5,7H2,1H3,(H,16,17). The van der Waals surface area contributed by atoms with Gasteiger partial charge in [-0.2, -0.15) is 0 Å². The molecule has 1 aromatic heterocycles. The molecule has 18 heavy (non-hydrogen) atoms. The molecule has 1 aromatic rings. The third-order valence-electron chi connectivity index (χ3n) is 2.98. The molecule has 0 unspecified atom stereocenters. The molecule has 0 bridgehead atoms. The van der Waals surface area contributed by atoms with Gasteiger partial charge in [0.2, 0.25) is 0 Å². The van der Waals surface area contributed by atoms with Crippen LogP contribution in [0.5, 0.6) is 0 Å². The number of hydrogen-bond donors (Lipinski definition) is 1. The van der Waals surface area contributed by atoms with Gasteiger partial charge in [-0.25, -0.2) is 0 Å². The van der Waals surface area contributed by atoms with Gasteiger partial charge in [0, 0.05) is 19.8 Å². The number of amides is 1. The zero-order chi connectivity index (χ0) is 13.3.